The van der Waals surface area contributed by atoms with Crippen LogP contribution in [0.5, 0.6) is 0 Å². The third kappa shape index (κ3) is 4.01. The molecule has 1 saturated heterocycles. The Hall–Kier alpha value is -1.47. The number of carboxylic acid groups (broad SMARTS) is 1. The smallest absolute Gasteiger partial charge is 0.303 e. The van der Waals surface area contributed by atoms with E-state index in [1.807, 2.05) is 19.1 Å². The molecule has 1 aliphatic rings. The fourth-order valence-electron chi connectivity index (χ4n) is 2.77. The molecule has 0 aromatic carbocycles. The highest BCUT2D eigenvalue weighted by Gasteiger charge is 2.33. The van der Waals surface area contributed by atoms with Crippen molar-refractivity contribution in [2.75, 3.05) is 12.8 Å². The lowest BCUT2D eigenvalue weighted by molar-refractivity contribution is -0.136. The SMILES string of the molecule is Cc1cc(CCC(=O)O)cc(C2CCCN2S(C)(=O)=O)n1. The summed E-state index contributed by atoms with van der Waals surface area (Å²) >= 11 is 0. The summed E-state index contributed by atoms with van der Waals surface area (Å²) in [5.41, 5.74) is 2.40. The van der Waals surface area contributed by atoms with Crippen molar-refractivity contribution in [3.63, 3.8) is 0 Å². The van der Waals surface area contributed by atoms with Crippen molar-refractivity contribution in [2.24, 2.45) is 0 Å². The highest BCUT2D eigenvalue weighted by atomic mass is 32.2. The molecule has 1 fully saturated rings. The van der Waals surface area contributed by atoms with Gasteiger partial charge in [-0.1, -0.05) is 0 Å². The largest absolute Gasteiger partial charge is 0.481 e. The van der Waals surface area contributed by atoms with Crippen LogP contribution in [0.1, 0.15) is 42.3 Å². The maximum atomic E-state index is 11.8. The van der Waals surface area contributed by atoms with E-state index in [0.717, 1.165) is 29.8 Å². The van der Waals surface area contributed by atoms with Gasteiger partial charge >= 0.3 is 5.97 Å². The highest BCUT2D eigenvalue weighted by molar-refractivity contribution is 7.88. The molecular weight excluding hydrogens is 292 g/mol. The van der Waals surface area contributed by atoms with Gasteiger partial charge in [0.2, 0.25) is 10.0 Å². The Bertz CT molecular complexity index is 642. The minimum absolute atomic E-state index is 0.0589. The van der Waals surface area contributed by atoms with Gasteiger partial charge in [0.05, 0.1) is 18.0 Å². The van der Waals surface area contributed by atoms with Crippen molar-refractivity contribution < 1.29 is 18.3 Å². The number of aryl methyl sites for hydroxylation is 2. The standard InChI is InChI=1S/C14H20N2O4S/c1-10-8-11(5-6-14(17)18)9-12(15-10)13-4-3-7-16(13)21(2,19)20/h8-9,13H,3-7H2,1-2H3,(H,17,18). The van der Waals surface area contributed by atoms with E-state index in [-0.39, 0.29) is 12.5 Å². The molecule has 1 aliphatic heterocycles. The predicted molar refractivity (Wildman–Crippen MR) is 78.5 cm³/mol. The van der Waals surface area contributed by atoms with E-state index in [4.69, 9.17) is 5.11 Å². The van der Waals surface area contributed by atoms with E-state index in [9.17, 15) is 13.2 Å². The molecule has 0 saturated carbocycles. The number of aromatic nitrogens is 1. The fraction of sp³-hybridized carbons (Fsp3) is 0.571. The van der Waals surface area contributed by atoms with Crippen LogP contribution in [-0.4, -0.2) is 41.6 Å². The lowest BCUT2D eigenvalue weighted by Gasteiger charge is -2.22. The van der Waals surface area contributed by atoms with Gasteiger partial charge in [-0.25, -0.2) is 8.42 Å². The Labute approximate surface area is 124 Å². The molecular formula is C14H20N2O4S. The predicted octanol–water partition coefficient (Wildman–Crippen LogP) is 1.50. The molecule has 6 nitrogen and oxygen atoms in total. The molecule has 1 aromatic heterocycles. The lowest BCUT2D eigenvalue weighted by atomic mass is 10.0. The van der Waals surface area contributed by atoms with Crippen LogP contribution in [0, 0.1) is 6.92 Å². The van der Waals surface area contributed by atoms with E-state index >= 15 is 0 Å². The maximum Gasteiger partial charge on any atom is 0.303 e. The quantitative estimate of drug-likeness (QED) is 0.890. The Morgan fingerprint density at radius 1 is 1.48 bits per heavy atom. The topological polar surface area (TPSA) is 87.6 Å². The third-order valence-corrected chi connectivity index (χ3v) is 4.92. The van der Waals surface area contributed by atoms with E-state index in [2.05, 4.69) is 4.98 Å². The van der Waals surface area contributed by atoms with Crippen molar-refractivity contribution in [3.8, 4) is 0 Å². The van der Waals surface area contributed by atoms with Crippen LogP contribution >= 0.6 is 0 Å². The zero-order valence-corrected chi connectivity index (χ0v) is 13.1. The monoisotopic (exact) mass is 312 g/mol. The summed E-state index contributed by atoms with van der Waals surface area (Å²) in [6.45, 7) is 2.36. The second-order valence-electron chi connectivity index (χ2n) is 5.47. The number of hydrogen-bond acceptors (Lipinski definition) is 4. The van der Waals surface area contributed by atoms with Crippen LogP contribution in [0.3, 0.4) is 0 Å². The first-order valence-corrected chi connectivity index (χ1v) is 8.78. The molecule has 0 aliphatic carbocycles. The number of hydrogen-bond donors (Lipinski definition) is 1. The zero-order valence-electron chi connectivity index (χ0n) is 12.2. The van der Waals surface area contributed by atoms with E-state index in [1.54, 1.807) is 0 Å². The molecule has 2 heterocycles. The number of sulfonamides is 1. The number of nitrogens with zero attached hydrogens (tertiary/aromatic N) is 2. The van der Waals surface area contributed by atoms with Crippen molar-refractivity contribution in [1.82, 2.24) is 9.29 Å². The van der Waals surface area contributed by atoms with Gasteiger partial charge in [-0.2, -0.15) is 4.31 Å². The summed E-state index contributed by atoms with van der Waals surface area (Å²) in [6.07, 6.45) is 3.27. The minimum Gasteiger partial charge on any atom is -0.481 e. The average Bonchev–Trinajstić information content (AvgIpc) is 2.84. The molecule has 0 amide bonds. The van der Waals surface area contributed by atoms with Gasteiger partial charge < -0.3 is 5.11 Å². The Morgan fingerprint density at radius 2 is 2.19 bits per heavy atom. The number of carboxylic acids is 1. The summed E-state index contributed by atoms with van der Waals surface area (Å²) in [4.78, 5) is 15.1. The zero-order chi connectivity index (χ0) is 15.6. The summed E-state index contributed by atoms with van der Waals surface area (Å²) < 4.78 is 25.1. The fourth-order valence-corrected chi connectivity index (χ4v) is 3.90. The summed E-state index contributed by atoms with van der Waals surface area (Å²) in [7, 11) is -3.25. The van der Waals surface area contributed by atoms with Gasteiger partial charge in [0, 0.05) is 18.7 Å². The van der Waals surface area contributed by atoms with Gasteiger partial charge in [0.1, 0.15) is 0 Å². The number of aliphatic carboxylic acids is 1. The second-order valence-corrected chi connectivity index (χ2v) is 7.40. The molecule has 1 aromatic rings. The van der Waals surface area contributed by atoms with E-state index < -0.39 is 16.0 Å². The number of pyridine rings is 1. The summed E-state index contributed by atoms with van der Waals surface area (Å²) in [6, 6.07) is 3.46. The molecule has 0 bridgehead atoms. The van der Waals surface area contributed by atoms with Crippen LogP contribution in [-0.2, 0) is 21.2 Å². The second kappa shape index (κ2) is 6.11. The first-order chi connectivity index (χ1) is 9.77. The summed E-state index contributed by atoms with van der Waals surface area (Å²) in [5.74, 6) is -0.843. The van der Waals surface area contributed by atoms with Crippen molar-refractivity contribution in [3.05, 3.63) is 29.1 Å². The van der Waals surface area contributed by atoms with Crippen LogP contribution in [0.2, 0.25) is 0 Å². The molecule has 21 heavy (non-hydrogen) atoms. The molecule has 116 valence electrons. The molecule has 7 heteroatoms. The Morgan fingerprint density at radius 3 is 2.81 bits per heavy atom. The normalized spacial score (nSPS) is 19.8. The average molecular weight is 312 g/mol. The first-order valence-electron chi connectivity index (χ1n) is 6.93. The number of carbonyl (C=O) groups is 1. The van der Waals surface area contributed by atoms with E-state index in [1.165, 1.54) is 10.6 Å². The third-order valence-electron chi connectivity index (χ3n) is 3.63. The van der Waals surface area contributed by atoms with Gasteiger partial charge in [0.15, 0.2) is 0 Å². The highest BCUT2D eigenvalue weighted by Crippen LogP contribution is 2.33. The van der Waals surface area contributed by atoms with Gasteiger partial charge in [0.25, 0.3) is 0 Å². The summed E-state index contributed by atoms with van der Waals surface area (Å²) in [5, 5.41) is 8.77. The van der Waals surface area contributed by atoms with E-state index in [0.29, 0.717) is 13.0 Å². The van der Waals surface area contributed by atoms with Gasteiger partial charge in [-0.15, -0.1) is 0 Å². The van der Waals surface area contributed by atoms with Crippen LogP contribution in [0.15, 0.2) is 12.1 Å². The molecule has 1 atom stereocenters. The minimum atomic E-state index is -3.25. The van der Waals surface area contributed by atoms with Crippen LogP contribution in [0.4, 0.5) is 0 Å². The lowest BCUT2D eigenvalue weighted by Crippen LogP contribution is -2.30. The molecule has 0 spiro atoms. The molecule has 0 radical (unpaired) electrons. The number of rotatable bonds is 5. The molecule has 1 unspecified atom stereocenters. The molecule has 1 N–H and O–H groups in total. The van der Waals surface area contributed by atoms with Crippen LogP contribution < -0.4 is 0 Å². The van der Waals surface area contributed by atoms with Crippen molar-refractivity contribution in [2.45, 2.75) is 38.6 Å². The van der Waals surface area contributed by atoms with Gasteiger partial charge in [-0.3, -0.25) is 9.78 Å². The van der Waals surface area contributed by atoms with Crippen molar-refractivity contribution >= 4 is 16.0 Å². The first kappa shape index (κ1) is 15.9. The maximum absolute atomic E-state index is 11.8. The Kier molecular flexibility index (Phi) is 4.63. The van der Waals surface area contributed by atoms with Crippen LogP contribution in [0.25, 0.3) is 0 Å². The van der Waals surface area contributed by atoms with Gasteiger partial charge in [-0.05, 0) is 43.9 Å². The molecule has 2 rings (SSSR count). The van der Waals surface area contributed by atoms with Crippen molar-refractivity contribution in [1.29, 1.82) is 0 Å². The Balaban J connectivity index is 2.28.